The highest BCUT2D eigenvalue weighted by Gasteiger charge is 2.27. The van der Waals surface area contributed by atoms with Crippen molar-refractivity contribution in [2.75, 3.05) is 13.2 Å². The molecule has 4 heteroatoms. The Bertz CT molecular complexity index is 874. The normalized spacial score (nSPS) is 17.9. The Morgan fingerprint density at radius 1 is 1.12 bits per heavy atom. The molecule has 2 aromatic carbocycles. The van der Waals surface area contributed by atoms with Gasteiger partial charge in [-0.15, -0.1) is 0 Å². The van der Waals surface area contributed by atoms with Crippen LogP contribution in [-0.4, -0.2) is 22.6 Å². The highest BCUT2D eigenvalue weighted by molar-refractivity contribution is 6.30. The van der Waals surface area contributed by atoms with Crippen LogP contribution in [0.4, 0.5) is 0 Å². The molecule has 1 atom stereocenters. The van der Waals surface area contributed by atoms with Crippen molar-refractivity contribution < 1.29 is 4.74 Å². The maximum Gasteiger partial charge on any atom is 0.138 e. The largest absolute Gasteiger partial charge is 0.357 e. The number of aromatic nitrogens is 1. The Morgan fingerprint density at radius 2 is 2.00 bits per heavy atom. The number of nitrogens with zero attached hydrogens (tertiary/aromatic N) is 2. The zero-order valence-corrected chi connectivity index (χ0v) is 15.0. The first-order chi connectivity index (χ1) is 12.2. The molecule has 0 aliphatic carbocycles. The van der Waals surface area contributed by atoms with Crippen LogP contribution >= 0.6 is 11.6 Å². The number of benzene rings is 2. The molecule has 1 fully saturated rings. The van der Waals surface area contributed by atoms with Crippen molar-refractivity contribution in [3.63, 3.8) is 0 Å². The lowest BCUT2D eigenvalue weighted by atomic mass is 10.1. The maximum atomic E-state index is 6.11. The number of rotatable bonds is 4. The molecule has 0 N–H and O–H groups in total. The third-order valence-electron chi connectivity index (χ3n) is 4.56. The van der Waals surface area contributed by atoms with E-state index < -0.39 is 0 Å². The number of hydrogen-bond donors (Lipinski definition) is 0. The molecular weight excluding hydrogens is 332 g/mol. The monoisotopic (exact) mass is 352 g/mol. The summed E-state index contributed by atoms with van der Waals surface area (Å²) in [6.07, 6.45) is 4.19. The summed E-state index contributed by atoms with van der Waals surface area (Å²) in [5.41, 5.74) is 4.85. The van der Waals surface area contributed by atoms with Gasteiger partial charge >= 0.3 is 0 Å². The Morgan fingerprint density at radius 3 is 2.84 bits per heavy atom. The van der Waals surface area contributed by atoms with Gasteiger partial charge in [0.25, 0.3) is 0 Å². The lowest BCUT2D eigenvalue weighted by Crippen LogP contribution is -2.23. The third kappa shape index (κ3) is 3.64. The Balaban J connectivity index is 1.54. The van der Waals surface area contributed by atoms with Gasteiger partial charge in [-0.2, -0.15) is 0 Å². The van der Waals surface area contributed by atoms with Crippen molar-refractivity contribution in [1.29, 1.82) is 0 Å². The van der Waals surface area contributed by atoms with Crippen molar-refractivity contribution >= 4 is 11.6 Å². The zero-order chi connectivity index (χ0) is 17.2. The summed E-state index contributed by atoms with van der Waals surface area (Å²) in [5.74, 6) is 0. The summed E-state index contributed by atoms with van der Waals surface area (Å²) in [6.45, 7) is 4.74. The molecule has 0 unspecified atom stereocenters. The molecule has 2 heterocycles. The predicted molar refractivity (Wildman–Crippen MR) is 101 cm³/mol. The first kappa shape index (κ1) is 16.4. The van der Waals surface area contributed by atoms with E-state index in [1.54, 1.807) is 0 Å². The second-order valence-electron chi connectivity index (χ2n) is 6.51. The smallest absolute Gasteiger partial charge is 0.138 e. The van der Waals surface area contributed by atoms with Crippen LogP contribution in [0.5, 0.6) is 0 Å². The summed E-state index contributed by atoms with van der Waals surface area (Å²) in [6, 6.07) is 18.7. The van der Waals surface area contributed by atoms with Crippen LogP contribution in [0.3, 0.4) is 0 Å². The quantitative estimate of drug-likeness (QED) is 0.659. The van der Waals surface area contributed by atoms with Crippen molar-refractivity contribution in [3.8, 4) is 5.69 Å². The van der Waals surface area contributed by atoms with Crippen molar-refractivity contribution in [2.24, 2.45) is 0 Å². The van der Waals surface area contributed by atoms with Crippen molar-refractivity contribution in [3.05, 3.63) is 88.7 Å². The van der Waals surface area contributed by atoms with Gasteiger partial charge in [0.1, 0.15) is 6.23 Å². The van der Waals surface area contributed by atoms with Gasteiger partial charge in [0.15, 0.2) is 0 Å². The molecule has 0 spiro atoms. The van der Waals surface area contributed by atoms with Gasteiger partial charge < -0.3 is 9.30 Å². The van der Waals surface area contributed by atoms with Gasteiger partial charge in [-0.25, -0.2) is 0 Å². The van der Waals surface area contributed by atoms with E-state index >= 15 is 0 Å². The van der Waals surface area contributed by atoms with E-state index in [0.29, 0.717) is 0 Å². The molecule has 0 saturated carbocycles. The fourth-order valence-electron chi connectivity index (χ4n) is 3.37. The van der Waals surface area contributed by atoms with Gasteiger partial charge in [0.2, 0.25) is 0 Å². The topological polar surface area (TPSA) is 17.4 Å². The Hall–Kier alpha value is -2.07. The molecular formula is C21H21ClN2O. The Kier molecular flexibility index (Phi) is 4.62. The minimum atomic E-state index is 0.000876. The van der Waals surface area contributed by atoms with Crippen molar-refractivity contribution in [1.82, 2.24) is 9.47 Å². The minimum Gasteiger partial charge on any atom is -0.357 e. The van der Waals surface area contributed by atoms with Gasteiger partial charge in [-0.3, -0.25) is 4.90 Å². The summed E-state index contributed by atoms with van der Waals surface area (Å²) in [7, 11) is 0. The molecule has 0 amide bonds. The fraction of sp³-hybridized carbons (Fsp3) is 0.238. The van der Waals surface area contributed by atoms with E-state index in [0.717, 1.165) is 30.4 Å². The van der Waals surface area contributed by atoms with Crippen LogP contribution in [0.15, 0.2) is 67.0 Å². The summed E-state index contributed by atoms with van der Waals surface area (Å²) >= 11 is 6.11. The second kappa shape index (κ2) is 7.04. The lowest BCUT2D eigenvalue weighted by molar-refractivity contribution is 0.0288. The van der Waals surface area contributed by atoms with E-state index in [1.807, 2.05) is 18.2 Å². The number of halogens is 1. The first-order valence-electron chi connectivity index (χ1n) is 8.54. The van der Waals surface area contributed by atoms with Crippen LogP contribution in [-0.2, 0) is 11.3 Å². The fourth-order valence-corrected chi connectivity index (χ4v) is 3.56. The van der Waals surface area contributed by atoms with Crippen molar-refractivity contribution in [2.45, 2.75) is 19.7 Å². The van der Waals surface area contributed by atoms with E-state index in [4.69, 9.17) is 16.3 Å². The minimum absolute atomic E-state index is 0.000876. The molecule has 128 valence electrons. The van der Waals surface area contributed by atoms with Crippen LogP contribution < -0.4 is 0 Å². The second-order valence-corrected chi connectivity index (χ2v) is 6.95. The molecule has 0 bridgehead atoms. The van der Waals surface area contributed by atoms with Gasteiger partial charge in [0, 0.05) is 41.8 Å². The van der Waals surface area contributed by atoms with E-state index in [2.05, 4.69) is 65.2 Å². The molecule has 25 heavy (non-hydrogen) atoms. The van der Waals surface area contributed by atoms with Crippen LogP contribution in [0.25, 0.3) is 5.69 Å². The summed E-state index contributed by atoms with van der Waals surface area (Å²) < 4.78 is 8.10. The number of ether oxygens (including phenoxy) is 1. The average Bonchev–Trinajstić information content (AvgIpc) is 3.24. The molecule has 1 saturated heterocycles. The highest BCUT2D eigenvalue weighted by Crippen LogP contribution is 2.29. The van der Waals surface area contributed by atoms with Gasteiger partial charge in [-0.1, -0.05) is 47.5 Å². The maximum absolute atomic E-state index is 6.11. The van der Waals surface area contributed by atoms with Crippen LogP contribution in [0.2, 0.25) is 5.02 Å². The first-order valence-corrected chi connectivity index (χ1v) is 8.92. The third-order valence-corrected chi connectivity index (χ3v) is 4.80. The van der Waals surface area contributed by atoms with Crippen LogP contribution in [0, 0.1) is 6.92 Å². The summed E-state index contributed by atoms with van der Waals surface area (Å²) in [4.78, 5) is 2.38. The summed E-state index contributed by atoms with van der Waals surface area (Å²) in [5, 5.41) is 0.742. The SMILES string of the molecule is Cc1cccc(CN2CCO[C@@H]2c2ccn(-c3cccc(Cl)c3)c2)c1. The number of hydrogen-bond acceptors (Lipinski definition) is 2. The number of aryl methyl sites for hydroxylation is 1. The molecule has 0 radical (unpaired) electrons. The molecule has 4 rings (SSSR count). The zero-order valence-electron chi connectivity index (χ0n) is 14.2. The van der Waals surface area contributed by atoms with E-state index in [1.165, 1.54) is 16.7 Å². The van der Waals surface area contributed by atoms with Gasteiger partial charge in [0.05, 0.1) is 6.61 Å². The predicted octanol–water partition coefficient (Wildman–Crippen LogP) is 4.97. The molecule has 1 aliphatic heterocycles. The molecule has 1 aromatic heterocycles. The van der Waals surface area contributed by atoms with E-state index in [-0.39, 0.29) is 6.23 Å². The molecule has 3 aromatic rings. The molecule has 1 aliphatic rings. The lowest BCUT2D eigenvalue weighted by Gasteiger charge is -2.22. The van der Waals surface area contributed by atoms with Gasteiger partial charge in [-0.05, 0) is 36.8 Å². The Labute approximate surface area is 153 Å². The average molecular weight is 353 g/mol. The van der Waals surface area contributed by atoms with E-state index in [9.17, 15) is 0 Å². The standard InChI is InChI=1S/C21H21ClN2O/c1-16-4-2-5-17(12-16)14-24-10-11-25-21(24)18-8-9-23(15-18)20-7-3-6-19(22)13-20/h2-9,12-13,15,21H,10-11,14H2,1H3/t21-/m1/s1. The van der Waals surface area contributed by atoms with Crippen LogP contribution in [0.1, 0.15) is 22.9 Å². The molecule has 3 nitrogen and oxygen atoms in total. The highest BCUT2D eigenvalue weighted by atomic mass is 35.5.